The number of pyridine rings is 1. The van der Waals surface area contributed by atoms with Crippen molar-refractivity contribution in [3.8, 4) is 0 Å². The van der Waals surface area contributed by atoms with Crippen LogP contribution in [0.25, 0.3) is 5.57 Å². The number of allylic oxidation sites excluding steroid dienone is 4. The molecular weight excluding hydrogens is 522 g/mol. The number of ketones is 2. The van der Waals surface area contributed by atoms with Crippen molar-refractivity contribution in [1.82, 2.24) is 4.98 Å². The van der Waals surface area contributed by atoms with Crippen molar-refractivity contribution < 1.29 is 14.7 Å². The number of nitrogens with zero attached hydrogens (tertiary/aromatic N) is 3. The van der Waals surface area contributed by atoms with Crippen LogP contribution in [-0.2, 0) is 9.59 Å². The lowest BCUT2D eigenvalue weighted by molar-refractivity contribution is -0.112. The summed E-state index contributed by atoms with van der Waals surface area (Å²) in [5, 5.41) is 10.7. The molecule has 0 saturated carbocycles. The maximum absolute atomic E-state index is 13.0. The summed E-state index contributed by atoms with van der Waals surface area (Å²) in [6.07, 6.45) is 21.1. The first-order chi connectivity index (χ1) is 20.5. The molecule has 2 aromatic rings. The number of rotatable bonds is 17. The van der Waals surface area contributed by atoms with Crippen molar-refractivity contribution in [2.45, 2.75) is 90.9 Å². The minimum absolute atomic E-state index is 0.127. The zero-order valence-corrected chi connectivity index (χ0v) is 25.2. The summed E-state index contributed by atoms with van der Waals surface area (Å²) in [5.74, 6) is -0.106. The first-order valence-electron chi connectivity index (χ1n) is 15.8. The van der Waals surface area contributed by atoms with E-state index in [9.17, 15) is 14.7 Å². The predicted octanol–water partition coefficient (Wildman–Crippen LogP) is 8.87. The largest absolute Gasteiger partial charge is 0.506 e. The van der Waals surface area contributed by atoms with Crippen LogP contribution in [0.4, 0.5) is 11.4 Å². The van der Waals surface area contributed by atoms with Gasteiger partial charge in [-0.25, -0.2) is 0 Å². The van der Waals surface area contributed by atoms with Crippen molar-refractivity contribution in [2.75, 3.05) is 11.4 Å². The maximum atomic E-state index is 13.0. The average molecular weight is 568 g/mol. The number of hydrogen-bond acceptors (Lipinski definition) is 6. The number of aliphatic hydroxyl groups is 1. The molecule has 1 aliphatic heterocycles. The molecule has 0 saturated heterocycles. The highest BCUT2D eigenvalue weighted by Crippen LogP contribution is 2.39. The third kappa shape index (κ3) is 8.15. The van der Waals surface area contributed by atoms with E-state index in [1.807, 2.05) is 18.2 Å². The number of dihydropyridines is 1. The van der Waals surface area contributed by atoms with E-state index in [4.69, 9.17) is 0 Å². The minimum atomic E-state index is -0.315. The van der Waals surface area contributed by atoms with E-state index < -0.39 is 0 Å². The van der Waals surface area contributed by atoms with E-state index in [2.05, 4.69) is 53.0 Å². The van der Waals surface area contributed by atoms with Crippen molar-refractivity contribution >= 4 is 34.7 Å². The van der Waals surface area contributed by atoms with Gasteiger partial charge in [-0.3, -0.25) is 19.6 Å². The summed E-state index contributed by atoms with van der Waals surface area (Å²) in [5.41, 5.74) is 3.13. The zero-order valence-electron chi connectivity index (χ0n) is 25.2. The van der Waals surface area contributed by atoms with E-state index in [0.29, 0.717) is 17.3 Å². The van der Waals surface area contributed by atoms with Crippen LogP contribution < -0.4 is 4.90 Å². The van der Waals surface area contributed by atoms with Crippen LogP contribution in [0.3, 0.4) is 0 Å². The standard InChI is InChI=1S/C36H45N3O3/c1-3-5-7-9-10-13-17-27(16-12-8-6-4-2)26-39(28-18-14-11-15-19-28)29-20-22-31(37-24-29)33-35(41)34(36(33)42)32-23-21-30(40)25-38-32/h11,14-15,18-25,27,41H,3-10,12-13,16-17,26H2,1-2H3/b34-32-. The Labute approximate surface area is 251 Å². The number of anilines is 2. The highest BCUT2D eigenvalue weighted by Gasteiger charge is 2.38. The molecular formula is C36H45N3O3. The summed E-state index contributed by atoms with van der Waals surface area (Å²) in [7, 11) is 0. The van der Waals surface area contributed by atoms with Gasteiger partial charge in [-0.2, -0.15) is 0 Å². The van der Waals surface area contributed by atoms with Crippen LogP contribution >= 0.6 is 0 Å². The van der Waals surface area contributed by atoms with Crippen molar-refractivity contribution in [2.24, 2.45) is 10.9 Å². The van der Waals surface area contributed by atoms with Crippen LogP contribution in [-0.4, -0.2) is 34.4 Å². The highest BCUT2D eigenvalue weighted by atomic mass is 16.3. The molecule has 6 nitrogen and oxygen atoms in total. The molecule has 4 rings (SSSR count). The Morgan fingerprint density at radius 2 is 1.43 bits per heavy atom. The molecule has 0 radical (unpaired) electrons. The van der Waals surface area contributed by atoms with E-state index in [1.54, 1.807) is 6.20 Å². The summed E-state index contributed by atoms with van der Waals surface area (Å²) in [6, 6.07) is 14.2. The lowest BCUT2D eigenvalue weighted by atomic mass is 9.84. The van der Waals surface area contributed by atoms with Gasteiger partial charge in [0.2, 0.25) is 5.78 Å². The molecule has 0 fully saturated rings. The lowest BCUT2D eigenvalue weighted by Crippen LogP contribution is -2.26. The maximum Gasteiger partial charge on any atom is 0.204 e. The molecule has 1 aliphatic carbocycles. The smallest absolute Gasteiger partial charge is 0.204 e. The highest BCUT2D eigenvalue weighted by molar-refractivity contribution is 6.39. The summed E-state index contributed by atoms with van der Waals surface area (Å²) in [4.78, 5) is 35.3. The number of Topliss-reactive ketones (excluding diaryl/α,β-unsaturated/α-hetero) is 1. The Kier molecular flexibility index (Phi) is 11.9. The number of carbonyl (C=O) groups is 2. The molecule has 1 aromatic heterocycles. The molecule has 0 amide bonds. The number of hydrogen-bond donors (Lipinski definition) is 1. The molecule has 42 heavy (non-hydrogen) atoms. The quantitative estimate of drug-likeness (QED) is 0.152. The molecule has 1 aromatic carbocycles. The number of carbonyl (C=O) groups excluding carboxylic acids is 2. The molecule has 0 bridgehead atoms. The Balaban J connectivity index is 1.52. The van der Waals surface area contributed by atoms with Crippen molar-refractivity contribution in [3.05, 3.63) is 83.5 Å². The van der Waals surface area contributed by atoms with Gasteiger partial charge in [0, 0.05) is 12.2 Å². The molecule has 222 valence electrons. The van der Waals surface area contributed by atoms with E-state index in [-0.39, 0.29) is 28.5 Å². The molecule has 2 aliphatic rings. The van der Waals surface area contributed by atoms with Gasteiger partial charge in [0.05, 0.1) is 40.6 Å². The Bertz CT molecular complexity index is 1300. The van der Waals surface area contributed by atoms with E-state index >= 15 is 0 Å². The zero-order chi connectivity index (χ0) is 29.7. The fraction of sp³-hybridized carbons (Fsp3) is 0.444. The van der Waals surface area contributed by atoms with Gasteiger partial charge in [-0.1, -0.05) is 96.3 Å². The van der Waals surface area contributed by atoms with E-state index in [0.717, 1.165) is 24.1 Å². The number of aromatic nitrogens is 1. The monoisotopic (exact) mass is 567 g/mol. The SMILES string of the molecule is CCCCCCCCC(CCCCCC)CN(c1ccccc1)c1ccc(C2=C(O)/C(=C3\C=CC(=O)C=N3)C2=O)nc1. The molecule has 1 N–H and O–H groups in total. The normalized spacial score (nSPS) is 17.1. The summed E-state index contributed by atoms with van der Waals surface area (Å²) >= 11 is 0. The number of aliphatic imine (C=N–C) groups is 1. The van der Waals surface area contributed by atoms with Crippen molar-refractivity contribution in [3.63, 3.8) is 0 Å². The topological polar surface area (TPSA) is 82.9 Å². The Hall–Kier alpha value is -3.80. The third-order valence-corrected chi connectivity index (χ3v) is 8.18. The number of para-hydroxylation sites is 1. The number of aliphatic hydroxyl groups excluding tert-OH is 1. The van der Waals surface area contributed by atoms with Crippen LogP contribution in [0.2, 0.25) is 0 Å². The Morgan fingerprint density at radius 3 is 2.02 bits per heavy atom. The van der Waals surface area contributed by atoms with Gasteiger partial charge in [0.15, 0.2) is 5.78 Å². The van der Waals surface area contributed by atoms with Gasteiger partial charge in [-0.05, 0) is 55.2 Å². The van der Waals surface area contributed by atoms with Crippen LogP contribution in [0.1, 0.15) is 96.6 Å². The third-order valence-electron chi connectivity index (χ3n) is 8.18. The van der Waals surface area contributed by atoms with Crippen LogP contribution in [0.5, 0.6) is 0 Å². The number of benzene rings is 1. The molecule has 6 heteroatoms. The van der Waals surface area contributed by atoms with Crippen LogP contribution in [0, 0.1) is 5.92 Å². The predicted molar refractivity (Wildman–Crippen MR) is 172 cm³/mol. The summed E-state index contributed by atoms with van der Waals surface area (Å²) < 4.78 is 0. The fourth-order valence-electron chi connectivity index (χ4n) is 5.73. The van der Waals surface area contributed by atoms with Gasteiger partial charge in [0.1, 0.15) is 5.76 Å². The second-order valence-electron chi connectivity index (χ2n) is 11.4. The molecule has 1 unspecified atom stereocenters. The molecule has 1 atom stereocenters. The van der Waals surface area contributed by atoms with E-state index in [1.165, 1.54) is 89.2 Å². The van der Waals surface area contributed by atoms with Gasteiger partial charge >= 0.3 is 0 Å². The minimum Gasteiger partial charge on any atom is -0.506 e. The van der Waals surface area contributed by atoms with Crippen LogP contribution in [0.15, 0.2) is 82.8 Å². The lowest BCUT2D eigenvalue weighted by Gasteiger charge is -2.30. The second-order valence-corrected chi connectivity index (χ2v) is 11.4. The van der Waals surface area contributed by atoms with Crippen molar-refractivity contribution in [1.29, 1.82) is 0 Å². The van der Waals surface area contributed by atoms with Gasteiger partial charge in [0.25, 0.3) is 0 Å². The first kappa shape index (κ1) is 31.1. The second kappa shape index (κ2) is 16.0. The number of unbranched alkanes of at least 4 members (excludes halogenated alkanes) is 8. The Morgan fingerprint density at radius 1 is 0.762 bits per heavy atom. The first-order valence-corrected chi connectivity index (χ1v) is 15.8. The van der Waals surface area contributed by atoms with Gasteiger partial charge in [-0.15, -0.1) is 0 Å². The average Bonchev–Trinajstić information content (AvgIpc) is 3.01. The molecule has 2 heterocycles. The van der Waals surface area contributed by atoms with Gasteiger partial charge < -0.3 is 10.0 Å². The summed E-state index contributed by atoms with van der Waals surface area (Å²) in [6.45, 7) is 5.44. The fourth-order valence-corrected chi connectivity index (χ4v) is 5.73. The molecule has 0 spiro atoms.